The lowest BCUT2D eigenvalue weighted by molar-refractivity contribution is 1.32. The van der Waals surface area contributed by atoms with Crippen molar-refractivity contribution >= 4 is 91.7 Å². The molecular weight excluding hydrogens is 527 g/mol. The van der Waals surface area contributed by atoms with Crippen LogP contribution >= 0.6 is 11.3 Å². The molecule has 0 aliphatic carbocycles. The third kappa shape index (κ3) is 3.43. The molecule has 0 saturated heterocycles. The van der Waals surface area contributed by atoms with E-state index in [1.807, 2.05) is 11.3 Å². The van der Waals surface area contributed by atoms with Crippen molar-refractivity contribution < 1.29 is 0 Å². The van der Waals surface area contributed by atoms with Crippen LogP contribution in [-0.2, 0) is 0 Å². The van der Waals surface area contributed by atoms with Gasteiger partial charge in [-0.05, 0) is 57.3 Å². The van der Waals surface area contributed by atoms with E-state index < -0.39 is 0 Å². The van der Waals surface area contributed by atoms with E-state index in [2.05, 4.69) is 157 Å². The monoisotopic (exact) mass is 551 g/mol. The van der Waals surface area contributed by atoms with Crippen LogP contribution in [0.15, 0.2) is 152 Å². The highest BCUT2D eigenvalue weighted by Gasteiger charge is 2.21. The van der Waals surface area contributed by atoms with Crippen molar-refractivity contribution in [2.45, 2.75) is 0 Å². The fourth-order valence-electron chi connectivity index (χ4n) is 6.74. The summed E-state index contributed by atoms with van der Waals surface area (Å²) < 4.78 is 2.68. The number of fused-ring (bicyclic) bond motifs is 10. The Kier molecular flexibility index (Phi) is 5.13. The van der Waals surface area contributed by atoms with Crippen LogP contribution in [0.3, 0.4) is 0 Å². The molecule has 0 radical (unpaired) electrons. The van der Waals surface area contributed by atoms with E-state index in [-0.39, 0.29) is 0 Å². The molecule has 0 aliphatic heterocycles. The van der Waals surface area contributed by atoms with Gasteiger partial charge in [0.2, 0.25) is 0 Å². The molecule has 9 rings (SSSR count). The number of nitrogens with zero attached hydrogens (tertiary/aromatic N) is 1. The molecule has 2 heteroatoms. The van der Waals surface area contributed by atoms with Gasteiger partial charge in [-0.3, -0.25) is 0 Å². The molecule has 1 aromatic heterocycles. The van der Waals surface area contributed by atoms with E-state index in [0.29, 0.717) is 0 Å². The summed E-state index contributed by atoms with van der Waals surface area (Å²) in [6.45, 7) is 0. The fraction of sp³-hybridized carbons (Fsp3) is 0. The van der Waals surface area contributed by atoms with Crippen molar-refractivity contribution in [2.75, 3.05) is 4.90 Å². The zero-order valence-electron chi connectivity index (χ0n) is 22.8. The van der Waals surface area contributed by atoms with Gasteiger partial charge in [-0.25, -0.2) is 0 Å². The Balaban J connectivity index is 1.42. The average molecular weight is 552 g/mol. The summed E-state index contributed by atoms with van der Waals surface area (Å²) in [7, 11) is 0. The summed E-state index contributed by atoms with van der Waals surface area (Å²) in [4.78, 5) is 2.46. The van der Waals surface area contributed by atoms with Gasteiger partial charge >= 0.3 is 0 Å². The summed E-state index contributed by atoms with van der Waals surface area (Å²) in [6, 6.07) is 55.5. The van der Waals surface area contributed by atoms with Gasteiger partial charge in [-0.15, -0.1) is 11.3 Å². The van der Waals surface area contributed by atoms with Gasteiger partial charge in [0.15, 0.2) is 0 Å². The Morgan fingerprint density at radius 2 is 1.00 bits per heavy atom. The first kappa shape index (κ1) is 23.5. The minimum absolute atomic E-state index is 1.14. The van der Waals surface area contributed by atoms with E-state index in [0.717, 1.165) is 5.69 Å². The molecule has 0 fully saturated rings. The lowest BCUT2D eigenvalue weighted by Crippen LogP contribution is -2.11. The topological polar surface area (TPSA) is 3.24 Å². The van der Waals surface area contributed by atoms with E-state index in [4.69, 9.17) is 0 Å². The lowest BCUT2D eigenvalue weighted by Gasteiger charge is -2.29. The molecule has 0 N–H and O–H groups in total. The molecule has 9 aromatic rings. The summed E-state index contributed by atoms with van der Waals surface area (Å²) in [5.74, 6) is 0. The number of rotatable bonds is 3. The minimum Gasteiger partial charge on any atom is -0.309 e. The summed E-state index contributed by atoms with van der Waals surface area (Å²) in [6.07, 6.45) is 0. The molecule has 0 unspecified atom stereocenters. The van der Waals surface area contributed by atoms with Crippen LogP contribution in [-0.4, -0.2) is 0 Å². The average Bonchev–Trinajstić information content (AvgIpc) is 3.44. The van der Waals surface area contributed by atoms with Gasteiger partial charge in [-0.1, -0.05) is 121 Å². The lowest BCUT2D eigenvalue weighted by atomic mass is 9.94. The first-order valence-electron chi connectivity index (χ1n) is 14.4. The largest absolute Gasteiger partial charge is 0.309 e. The van der Waals surface area contributed by atoms with E-state index in [1.165, 1.54) is 74.6 Å². The summed E-state index contributed by atoms with van der Waals surface area (Å²) in [5, 5.41) is 12.8. The van der Waals surface area contributed by atoms with Crippen molar-refractivity contribution in [3.8, 4) is 0 Å². The normalized spacial score (nSPS) is 11.8. The maximum Gasteiger partial charge on any atom is 0.0546 e. The number of para-hydroxylation sites is 1. The van der Waals surface area contributed by atoms with Gasteiger partial charge in [0.25, 0.3) is 0 Å². The predicted molar refractivity (Wildman–Crippen MR) is 184 cm³/mol. The van der Waals surface area contributed by atoms with Gasteiger partial charge in [0.1, 0.15) is 0 Å². The van der Waals surface area contributed by atoms with Crippen LogP contribution in [0.2, 0.25) is 0 Å². The second-order valence-electron chi connectivity index (χ2n) is 10.9. The number of hydrogen-bond donors (Lipinski definition) is 0. The maximum atomic E-state index is 2.46. The molecule has 0 spiro atoms. The fourth-order valence-corrected chi connectivity index (χ4v) is 7.97. The molecular formula is C40H25NS. The van der Waals surface area contributed by atoms with Crippen LogP contribution in [0.5, 0.6) is 0 Å². The zero-order chi connectivity index (χ0) is 27.6. The third-order valence-corrected chi connectivity index (χ3v) is 9.82. The number of benzene rings is 8. The highest BCUT2D eigenvalue weighted by molar-refractivity contribution is 7.26. The van der Waals surface area contributed by atoms with Crippen LogP contribution in [0, 0.1) is 0 Å². The van der Waals surface area contributed by atoms with Crippen molar-refractivity contribution in [2.24, 2.45) is 0 Å². The molecule has 196 valence electrons. The molecule has 42 heavy (non-hydrogen) atoms. The van der Waals surface area contributed by atoms with Gasteiger partial charge in [0, 0.05) is 42.0 Å². The molecule has 1 nitrogen and oxygen atoms in total. The highest BCUT2D eigenvalue weighted by atomic mass is 32.1. The van der Waals surface area contributed by atoms with Crippen LogP contribution in [0.4, 0.5) is 17.1 Å². The summed E-state index contributed by atoms with van der Waals surface area (Å²) in [5.41, 5.74) is 3.51. The Hall–Kier alpha value is -5.18. The van der Waals surface area contributed by atoms with Crippen LogP contribution in [0.25, 0.3) is 63.3 Å². The van der Waals surface area contributed by atoms with Crippen LogP contribution in [0.1, 0.15) is 0 Å². The van der Waals surface area contributed by atoms with E-state index >= 15 is 0 Å². The molecule has 8 aromatic carbocycles. The maximum absolute atomic E-state index is 2.46. The smallest absolute Gasteiger partial charge is 0.0546 e. The second kappa shape index (κ2) is 9.17. The number of thiophene rings is 1. The first-order valence-corrected chi connectivity index (χ1v) is 15.2. The van der Waals surface area contributed by atoms with E-state index in [9.17, 15) is 0 Å². The van der Waals surface area contributed by atoms with Crippen LogP contribution < -0.4 is 4.90 Å². The molecule has 0 atom stereocenters. The summed E-state index contributed by atoms with van der Waals surface area (Å²) >= 11 is 1.89. The molecule has 0 bridgehead atoms. The SMILES string of the molecule is c1ccc(N(c2cccc3c2ccc2c4ccccc4sc32)c2cc3ccccc3c3c2ccc2ccccc23)cc1. The Morgan fingerprint density at radius 1 is 0.381 bits per heavy atom. The Bertz CT molecular complexity index is 2460. The van der Waals surface area contributed by atoms with Crippen molar-refractivity contribution in [3.63, 3.8) is 0 Å². The number of anilines is 3. The quantitative estimate of drug-likeness (QED) is 0.197. The molecule has 0 amide bonds. The minimum atomic E-state index is 1.14. The Morgan fingerprint density at radius 3 is 1.86 bits per heavy atom. The second-order valence-corrected chi connectivity index (χ2v) is 12.0. The van der Waals surface area contributed by atoms with Crippen molar-refractivity contribution in [1.29, 1.82) is 0 Å². The number of hydrogen-bond acceptors (Lipinski definition) is 2. The first-order chi connectivity index (χ1) is 20.8. The van der Waals surface area contributed by atoms with E-state index in [1.54, 1.807) is 0 Å². The van der Waals surface area contributed by atoms with Gasteiger partial charge < -0.3 is 4.90 Å². The van der Waals surface area contributed by atoms with Crippen molar-refractivity contribution in [1.82, 2.24) is 0 Å². The third-order valence-electron chi connectivity index (χ3n) is 8.60. The molecule has 0 saturated carbocycles. The molecule has 0 aliphatic rings. The molecule has 1 heterocycles. The Labute approximate surface area is 247 Å². The van der Waals surface area contributed by atoms with Crippen molar-refractivity contribution in [3.05, 3.63) is 152 Å². The predicted octanol–water partition coefficient (Wildman–Crippen LogP) is 12.1. The van der Waals surface area contributed by atoms with Gasteiger partial charge in [0.05, 0.1) is 11.4 Å². The highest BCUT2D eigenvalue weighted by Crippen LogP contribution is 2.47. The zero-order valence-corrected chi connectivity index (χ0v) is 23.6. The standard InChI is InChI=1S/C40H25NS/c1-2-13-28(14-3-1)41(36-19-10-18-33-31(36)23-24-34-32-17-8-9-20-38(32)42-40(33)34)37-25-27-12-5-7-16-30(27)39-29-15-6-4-11-26(29)21-22-35(37)39/h1-25H. The van der Waals surface area contributed by atoms with Gasteiger partial charge in [-0.2, -0.15) is 0 Å².